The van der Waals surface area contributed by atoms with Crippen LogP contribution in [-0.4, -0.2) is 21.5 Å². The standard InChI is InChI=1S/C17H19N3O3/c1-11-16-14(18-19(2)17(16)22)10-15(21)20(11)9-8-12-4-6-13(23-3)7-5-12/h4-7,10,18H,8-9H2,1-3H3. The quantitative estimate of drug-likeness (QED) is 0.795. The van der Waals surface area contributed by atoms with Gasteiger partial charge in [-0.05, 0) is 31.0 Å². The minimum Gasteiger partial charge on any atom is -0.497 e. The average molecular weight is 313 g/mol. The highest BCUT2D eigenvalue weighted by Gasteiger charge is 2.12. The maximum atomic E-state index is 12.3. The van der Waals surface area contributed by atoms with Crippen LogP contribution in [0.25, 0.3) is 10.9 Å². The van der Waals surface area contributed by atoms with E-state index in [-0.39, 0.29) is 11.1 Å². The number of pyridine rings is 1. The van der Waals surface area contributed by atoms with E-state index in [1.807, 2.05) is 31.2 Å². The number of aryl methyl sites for hydroxylation is 3. The van der Waals surface area contributed by atoms with Crippen molar-refractivity contribution < 1.29 is 4.74 Å². The summed E-state index contributed by atoms with van der Waals surface area (Å²) >= 11 is 0. The van der Waals surface area contributed by atoms with Crippen LogP contribution in [0.1, 0.15) is 11.3 Å². The SMILES string of the molecule is COc1ccc(CCn2c(C)c3c(=O)n(C)[nH]c3cc2=O)cc1. The number of H-pyrrole nitrogens is 1. The van der Waals surface area contributed by atoms with Gasteiger partial charge < -0.3 is 9.30 Å². The lowest BCUT2D eigenvalue weighted by molar-refractivity contribution is 0.414. The van der Waals surface area contributed by atoms with Gasteiger partial charge in [-0.2, -0.15) is 0 Å². The summed E-state index contributed by atoms with van der Waals surface area (Å²) in [6, 6.07) is 9.24. The molecule has 0 aliphatic rings. The average Bonchev–Trinajstić information content (AvgIpc) is 2.82. The summed E-state index contributed by atoms with van der Waals surface area (Å²) in [6.07, 6.45) is 0.709. The molecule has 1 aromatic carbocycles. The van der Waals surface area contributed by atoms with Crippen molar-refractivity contribution in [3.05, 3.63) is 62.3 Å². The van der Waals surface area contributed by atoms with Crippen molar-refractivity contribution in [3.8, 4) is 5.75 Å². The normalized spacial score (nSPS) is 11.1. The van der Waals surface area contributed by atoms with Crippen LogP contribution in [0.15, 0.2) is 39.9 Å². The smallest absolute Gasteiger partial charge is 0.275 e. The third-order valence-corrected chi connectivity index (χ3v) is 4.16. The molecule has 6 heteroatoms. The van der Waals surface area contributed by atoms with Crippen molar-refractivity contribution in [3.63, 3.8) is 0 Å². The molecule has 2 heterocycles. The highest BCUT2D eigenvalue weighted by Crippen LogP contribution is 2.14. The van der Waals surface area contributed by atoms with Crippen LogP contribution in [0.5, 0.6) is 5.75 Å². The van der Waals surface area contributed by atoms with Gasteiger partial charge >= 0.3 is 0 Å². The number of rotatable bonds is 4. The van der Waals surface area contributed by atoms with Crippen molar-refractivity contribution in [1.82, 2.24) is 14.3 Å². The maximum absolute atomic E-state index is 12.3. The summed E-state index contributed by atoms with van der Waals surface area (Å²) in [5.41, 5.74) is 2.17. The van der Waals surface area contributed by atoms with Crippen LogP contribution in [0.3, 0.4) is 0 Å². The first-order valence-electron chi connectivity index (χ1n) is 7.43. The predicted molar refractivity (Wildman–Crippen MR) is 89.2 cm³/mol. The van der Waals surface area contributed by atoms with Gasteiger partial charge in [0.05, 0.1) is 18.0 Å². The summed E-state index contributed by atoms with van der Waals surface area (Å²) in [5, 5.41) is 3.47. The second kappa shape index (κ2) is 5.79. The number of benzene rings is 1. The van der Waals surface area contributed by atoms with Crippen LogP contribution < -0.4 is 15.9 Å². The van der Waals surface area contributed by atoms with Crippen LogP contribution in [-0.2, 0) is 20.0 Å². The summed E-state index contributed by atoms with van der Waals surface area (Å²) < 4.78 is 8.19. The number of hydrogen-bond donors (Lipinski definition) is 1. The van der Waals surface area contributed by atoms with E-state index in [2.05, 4.69) is 5.10 Å². The Morgan fingerprint density at radius 3 is 2.52 bits per heavy atom. The minimum atomic E-state index is -0.115. The molecule has 3 aromatic rings. The van der Waals surface area contributed by atoms with E-state index >= 15 is 0 Å². The van der Waals surface area contributed by atoms with Gasteiger partial charge in [0, 0.05) is 25.4 Å². The van der Waals surface area contributed by atoms with Crippen LogP contribution in [0.4, 0.5) is 0 Å². The minimum absolute atomic E-state index is 0.106. The number of nitrogens with zero attached hydrogens (tertiary/aromatic N) is 2. The molecule has 6 nitrogen and oxygen atoms in total. The fraction of sp³-hybridized carbons (Fsp3) is 0.294. The molecule has 3 rings (SSSR count). The number of ether oxygens (including phenoxy) is 1. The second-order valence-electron chi connectivity index (χ2n) is 5.58. The van der Waals surface area contributed by atoms with E-state index in [1.165, 1.54) is 10.7 Å². The summed E-state index contributed by atoms with van der Waals surface area (Å²) in [6.45, 7) is 2.34. The molecule has 0 bridgehead atoms. The first-order chi connectivity index (χ1) is 11.0. The van der Waals surface area contributed by atoms with Crippen molar-refractivity contribution in [2.75, 3.05) is 7.11 Å². The number of hydrogen-bond acceptors (Lipinski definition) is 3. The highest BCUT2D eigenvalue weighted by atomic mass is 16.5. The molecule has 120 valence electrons. The zero-order valence-corrected chi connectivity index (χ0v) is 13.4. The van der Waals surface area contributed by atoms with E-state index in [0.29, 0.717) is 29.6 Å². The first kappa shape index (κ1) is 15.1. The molecule has 0 fully saturated rings. The number of nitrogens with one attached hydrogen (secondary N) is 1. The van der Waals surface area contributed by atoms with Crippen molar-refractivity contribution in [1.29, 1.82) is 0 Å². The number of fused-ring (bicyclic) bond motifs is 1. The van der Waals surface area contributed by atoms with Gasteiger partial charge in [0.15, 0.2) is 0 Å². The molecule has 0 amide bonds. The van der Waals surface area contributed by atoms with Crippen molar-refractivity contribution in [2.45, 2.75) is 19.9 Å². The van der Waals surface area contributed by atoms with Gasteiger partial charge in [-0.25, -0.2) is 0 Å². The highest BCUT2D eigenvalue weighted by molar-refractivity contribution is 5.79. The zero-order valence-electron chi connectivity index (χ0n) is 13.4. The van der Waals surface area contributed by atoms with Gasteiger partial charge in [0.1, 0.15) is 5.75 Å². The van der Waals surface area contributed by atoms with Crippen molar-refractivity contribution in [2.24, 2.45) is 7.05 Å². The Morgan fingerprint density at radius 2 is 1.87 bits per heavy atom. The lowest BCUT2D eigenvalue weighted by atomic mass is 10.1. The third kappa shape index (κ3) is 2.67. The molecule has 0 aliphatic carbocycles. The Hall–Kier alpha value is -2.76. The molecular formula is C17H19N3O3. The molecule has 0 spiro atoms. The van der Waals surface area contributed by atoms with Gasteiger partial charge in [-0.15, -0.1) is 0 Å². The van der Waals surface area contributed by atoms with E-state index in [9.17, 15) is 9.59 Å². The van der Waals surface area contributed by atoms with Gasteiger partial charge in [0.25, 0.3) is 11.1 Å². The van der Waals surface area contributed by atoms with E-state index in [1.54, 1.807) is 18.7 Å². The lowest BCUT2D eigenvalue weighted by Gasteiger charge is -2.10. The van der Waals surface area contributed by atoms with E-state index in [0.717, 1.165) is 11.3 Å². The molecule has 0 radical (unpaired) electrons. The molecule has 0 saturated carbocycles. The Bertz CT molecular complexity index is 962. The molecule has 1 N–H and O–H groups in total. The molecular weight excluding hydrogens is 294 g/mol. The number of aromatic nitrogens is 3. The Balaban J connectivity index is 1.94. The Morgan fingerprint density at radius 1 is 1.17 bits per heavy atom. The number of methoxy groups -OCH3 is 1. The monoisotopic (exact) mass is 313 g/mol. The van der Waals surface area contributed by atoms with Gasteiger partial charge in [0.2, 0.25) is 0 Å². The van der Waals surface area contributed by atoms with Crippen LogP contribution in [0, 0.1) is 6.92 Å². The molecule has 0 saturated heterocycles. The Labute approximate surface area is 132 Å². The summed E-state index contributed by atoms with van der Waals surface area (Å²) in [7, 11) is 3.28. The molecule has 2 aromatic heterocycles. The van der Waals surface area contributed by atoms with E-state index in [4.69, 9.17) is 4.74 Å². The van der Waals surface area contributed by atoms with Gasteiger partial charge in [-0.3, -0.25) is 19.4 Å². The second-order valence-corrected chi connectivity index (χ2v) is 5.58. The predicted octanol–water partition coefficient (Wildman–Crippen LogP) is 1.59. The largest absolute Gasteiger partial charge is 0.497 e. The third-order valence-electron chi connectivity index (χ3n) is 4.16. The van der Waals surface area contributed by atoms with Gasteiger partial charge in [-0.1, -0.05) is 12.1 Å². The topological polar surface area (TPSA) is 69.0 Å². The van der Waals surface area contributed by atoms with E-state index < -0.39 is 0 Å². The summed E-state index contributed by atoms with van der Waals surface area (Å²) in [5.74, 6) is 0.805. The Kier molecular flexibility index (Phi) is 3.82. The fourth-order valence-electron chi connectivity index (χ4n) is 2.84. The maximum Gasteiger partial charge on any atom is 0.275 e. The molecule has 23 heavy (non-hydrogen) atoms. The molecule has 0 unspecified atom stereocenters. The fourth-order valence-corrected chi connectivity index (χ4v) is 2.84. The zero-order chi connectivity index (χ0) is 16.6. The first-order valence-corrected chi connectivity index (χ1v) is 7.43. The van der Waals surface area contributed by atoms with Crippen molar-refractivity contribution >= 4 is 10.9 Å². The van der Waals surface area contributed by atoms with Crippen LogP contribution in [0.2, 0.25) is 0 Å². The molecule has 0 atom stereocenters. The number of aromatic amines is 1. The summed E-state index contributed by atoms with van der Waals surface area (Å²) in [4.78, 5) is 24.5. The van der Waals surface area contributed by atoms with Crippen LogP contribution >= 0.6 is 0 Å². The lowest BCUT2D eigenvalue weighted by Crippen LogP contribution is -2.24. The molecule has 0 aliphatic heterocycles.